The monoisotopic (exact) mass is 225 g/mol. The molecular weight excluding hydrogens is 206 g/mol. The summed E-state index contributed by atoms with van der Waals surface area (Å²) < 4.78 is 0. The Kier molecular flexibility index (Phi) is 2.86. The van der Waals surface area contributed by atoms with Crippen LogP contribution in [0, 0.1) is 19.8 Å². The van der Waals surface area contributed by atoms with E-state index in [1.807, 2.05) is 6.92 Å². The Morgan fingerprint density at radius 3 is 2.73 bits per heavy atom. The highest BCUT2D eigenvalue weighted by Crippen LogP contribution is 2.37. The second-order valence-corrected chi connectivity index (χ2v) is 6.29. The van der Waals surface area contributed by atoms with Gasteiger partial charge in [-0.3, -0.25) is 0 Å². The number of hydrogen-bond acceptors (Lipinski definition) is 3. The maximum Gasteiger partial charge on any atom is 0.0959 e. The molecular formula is C12H19NOS. The summed E-state index contributed by atoms with van der Waals surface area (Å²) in [7, 11) is 0. The predicted octanol–water partition coefficient (Wildman–Crippen LogP) is 2.85. The van der Waals surface area contributed by atoms with Crippen LogP contribution in [0.15, 0.2) is 0 Å². The number of thiazole rings is 1. The van der Waals surface area contributed by atoms with Crippen molar-refractivity contribution in [2.24, 2.45) is 5.92 Å². The zero-order chi connectivity index (χ0) is 11.1. The highest BCUT2D eigenvalue weighted by Gasteiger charge is 2.36. The van der Waals surface area contributed by atoms with Gasteiger partial charge in [0.25, 0.3) is 0 Å². The van der Waals surface area contributed by atoms with Gasteiger partial charge in [0.1, 0.15) is 0 Å². The van der Waals surface area contributed by atoms with Gasteiger partial charge >= 0.3 is 0 Å². The van der Waals surface area contributed by atoms with Gasteiger partial charge in [-0.1, -0.05) is 6.92 Å². The third-order valence-corrected chi connectivity index (χ3v) is 4.46. The molecule has 0 bridgehead atoms. The third kappa shape index (κ3) is 2.40. The second kappa shape index (κ2) is 3.87. The first kappa shape index (κ1) is 11.1. The Bertz CT molecular complexity index is 341. The van der Waals surface area contributed by atoms with E-state index < -0.39 is 5.60 Å². The molecule has 0 aromatic carbocycles. The minimum atomic E-state index is -0.476. The lowest BCUT2D eigenvalue weighted by molar-refractivity contribution is 0.0445. The number of aliphatic hydroxyl groups is 1. The van der Waals surface area contributed by atoms with Crippen LogP contribution in [0.3, 0.4) is 0 Å². The highest BCUT2D eigenvalue weighted by atomic mass is 32.1. The Balaban J connectivity index is 2.08. The quantitative estimate of drug-likeness (QED) is 0.839. The van der Waals surface area contributed by atoms with Crippen molar-refractivity contribution in [3.63, 3.8) is 0 Å². The number of aryl methyl sites for hydroxylation is 2. The SMILES string of the molecule is Cc1nc(CC2(O)CCC(C)C2)sc1C. The number of aromatic nitrogens is 1. The van der Waals surface area contributed by atoms with Gasteiger partial charge in [0.2, 0.25) is 0 Å². The summed E-state index contributed by atoms with van der Waals surface area (Å²) in [5, 5.41) is 11.5. The van der Waals surface area contributed by atoms with Gasteiger partial charge in [-0.05, 0) is 39.0 Å². The van der Waals surface area contributed by atoms with Crippen molar-refractivity contribution in [3.05, 3.63) is 15.6 Å². The maximum absolute atomic E-state index is 10.4. The molecule has 2 rings (SSSR count). The van der Waals surface area contributed by atoms with Crippen LogP contribution >= 0.6 is 11.3 Å². The average Bonchev–Trinajstić information content (AvgIpc) is 2.58. The van der Waals surface area contributed by atoms with Gasteiger partial charge in [-0.25, -0.2) is 4.98 Å². The molecule has 15 heavy (non-hydrogen) atoms. The molecule has 0 spiro atoms. The molecule has 2 nitrogen and oxygen atoms in total. The zero-order valence-electron chi connectivity index (χ0n) is 9.71. The lowest BCUT2D eigenvalue weighted by Gasteiger charge is -2.20. The summed E-state index contributed by atoms with van der Waals surface area (Å²) in [5.74, 6) is 0.664. The number of rotatable bonds is 2. The highest BCUT2D eigenvalue weighted by molar-refractivity contribution is 7.11. The summed E-state index contributed by atoms with van der Waals surface area (Å²) in [6.45, 7) is 6.35. The van der Waals surface area contributed by atoms with Crippen molar-refractivity contribution < 1.29 is 5.11 Å². The van der Waals surface area contributed by atoms with E-state index >= 15 is 0 Å². The fraction of sp³-hybridized carbons (Fsp3) is 0.750. The van der Waals surface area contributed by atoms with Gasteiger partial charge in [-0.15, -0.1) is 11.3 Å². The minimum Gasteiger partial charge on any atom is -0.389 e. The van der Waals surface area contributed by atoms with Crippen molar-refractivity contribution in [3.8, 4) is 0 Å². The summed E-state index contributed by atoms with van der Waals surface area (Å²) in [5.41, 5.74) is 0.639. The lowest BCUT2D eigenvalue weighted by atomic mass is 9.97. The standard InChI is InChI=1S/C12H19NOS/c1-8-4-5-12(14,6-8)7-11-13-9(2)10(3)15-11/h8,14H,4-7H2,1-3H3. The normalized spacial score (nSPS) is 31.1. The molecule has 1 fully saturated rings. The first-order valence-corrected chi connectivity index (χ1v) is 6.45. The van der Waals surface area contributed by atoms with Crippen molar-refractivity contribution in [2.45, 2.75) is 52.1 Å². The smallest absolute Gasteiger partial charge is 0.0959 e. The molecule has 1 aliphatic rings. The van der Waals surface area contributed by atoms with E-state index in [9.17, 15) is 5.11 Å². The van der Waals surface area contributed by atoms with Gasteiger partial charge in [0.15, 0.2) is 0 Å². The van der Waals surface area contributed by atoms with Crippen LogP contribution in [-0.2, 0) is 6.42 Å². The van der Waals surface area contributed by atoms with Crippen LogP contribution in [0.1, 0.15) is 41.8 Å². The largest absolute Gasteiger partial charge is 0.389 e. The summed E-state index contributed by atoms with van der Waals surface area (Å²) in [6.07, 6.45) is 3.77. The maximum atomic E-state index is 10.4. The van der Waals surface area contributed by atoms with E-state index in [0.717, 1.165) is 36.4 Å². The number of nitrogens with zero attached hydrogens (tertiary/aromatic N) is 1. The van der Waals surface area contributed by atoms with E-state index in [2.05, 4.69) is 18.8 Å². The molecule has 1 aliphatic carbocycles. The van der Waals surface area contributed by atoms with Crippen molar-refractivity contribution in [1.29, 1.82) is 0 Å². The van der Waals surface area contributed by atoms with Crippen LogP contribution in [0.4, 0.5) is 0 Å². The molecule has 1 heterocycles. The molecule has 2 atom stereocenters. The molecule has 1 N–H and O–H groups in total. The van der Waals surface area contributed by atoms with Gasteiger partial charge in [-0.2, -0.15) is 0 Å². The van der Waals surface area contributed by atoms with Crippen molar-refractivity contribution in [1.82, 2.24) is 4.98 Å². The molecule has 2 unspecified atom stereocenters. The third-order valence-electron chi connectivity index (χ3n) is 3.38. The van der Waals surface area contributed by atoms with E-state index in [1.165, 1.54) is 4.88 Å². The molecule has 0 aliphatic heterocycles. The van der Waals surface area contributed by atoms with Gasteiger partial charge in [0.05, 0.1) is 16.3 Å². The van der Waals surface area contributed by atoms with E-state index in [-0.39, 0.29) is 0 Å². The Hall–Kier alpha value is -0.410. The molecule has 1 aromatic rings. The fourth-order valence-corrected chi connectivity index (χ4v) is 3.49. The predicted molar refractivity (Wildman–Crippen MR) is 63.3 cm³/mol. The second-order valence-electron chi connectivity index (χ2n) is 5.00. The number of hydrogen-bond donors (Lipinski definition) is 1. The lowest BCUT2D eigenvalue weighted by Crippen LogP contribution is -2.27. The van der Waals surface area contributed by atoms with Gasteiger partial charge < -0.3 is 5.11 Å². The Morgan fingerprint density at radius 1 is 1.53 bits per heavy atom. The summed E-state index contributed by atoms with van der Waals surface area (Å²) >= 11 is 1.73. The average molecular weight is 225 g/mol. The van der Waals surface area contributed by atoms with E-state index in [4.69, 9.17) is 0 Å². The Morgan fingerprint density at radius 2 is 2.27 bits per heavy atom. The van der Waals surface area contributed by atoms with E-state index in [0.29, 0.717) is 5.92 Å². The zero-order valence-corrected chi connectivity index (χ0v) is 10.5. The van der Waals surface area contributed by atoms with Crippen LogP contribution < -0.4 is 0 Å². The molecule has 0 saturated heterocycles. The molecule has 0 amide bonds. The topological polar surface area (TPSA) is 33.1 Å². The van der Waals surface area contributed by atoms with Gasteiger partial charge in [0, 0.05) is 11.3 Å². The van der Waals surface area contributed by atoms with Crippen LogP contribution in [0.25, 0.3) is 0 Å². The van der Waals surface area contributed by atoms with Crippen molar-refractivity contribution >= 4 is 11.3 Å². The molecule has 1 saturated carbocycles. The molecule has 84 valence electrons. The first-order valence-electron chi connectivity index (χ1n) is 5.64. The fourth-order valence-electron chi connectivity index (χ4n) is 2.42. The van der Waals surface area contributed by atoms with Crippen molar-refractivity contribution in [2.75, 3.05) is 0 Å². The molecule has 3 heteroatoms. The van der Waals surface area contributed by atoms with Crippen LogP contribution in [-0.4, -0.2) is 15.7 Å². The first-order chi connectivity index (χ1) is 6.98. The molecule has 0 radical (unpaired) electrons. The summed E-state index contributed by atoms with van der Waals surface area (Å²) in [6, 6.07) is 0. The minimum absolute atomic E-state index is 0.476. The Labute approximate surface area is 95.4 Å². The van der Waals surface area contributed by atoms with Crippen LogP contribution in [0.5, 0.6) is 0 Å². The molecule has 1 aromatic heterocycles. The van der Waals surface area contributed by atoms with E-state index in [1.54, 1.807) is 11.3 Å². The summed E-state index contributed by atoms with van der Waals surface area (Å²) in [4.78, 5) is 5.78. The van der Waals surface area contributed by atoms with Crippen LogP contribution in [0.2, 0.25) is 0 Å².